The van der Waals surface area contributed by atoms with E-state index in [9.17, 15) is 0 Å². The Balaban J connectivity index is 3.01. The molecule has 4 heteroatoms. The van der Waals surface area contributed by atoms with Crippen molar-refractivity contribution < 1.29 is 4.74 Å². The van der Waals surface area contributed by atoms with Crippen LogP contribution in [0.1, 0.15) is 34.6 Å². The number of aromatic nitrogens is 1. The van der Waals surface area contributed by atoms with Gasteiger partial charge in [0.05, 0.1) is 12.3 Å². The Kier molecular flexibility index (Phi) is 5.25. The van der Waals surface area contributed by atoms with Gasteiger partial charge in [0.25, 0.3) is 0 Å². The summed E-state index contributed by atoms with van der Waals surface area (Å²) in [5.41, 5.74) is 6.44. The fourth-order valence-electron chi connectivity index (χ4n) is 1.82. The number of pyridine rings is 1. The van der Waals surface area contributed by atoms with Crippen LogP contribution in [0.3, 0.4) is 0 Å². The van der Waals surface area contributed by atoms with Gasteiger partial charge in [0.15, 0.2) is 0 Å². The minimum atomic E-state index is 0.401. The Morgan fingerprint density at radius 2 is 1.94 bits per heavy atom. The molecule has 0 amide bonds. The molecular weight excluding hydrogens is 226 g/mol. The van der Waals surface area contributed by atoms with Crippen LogP contribution in [0, 0.1) is 5.92 Å². The van der Waals surface area contributed by atoms with Crippen LogP contribution in [0.25, 0.3) is 0 Å². The predicted octanol–water partition coefficient (Wildman–Crippen LogP) is 2.93. The number of hydrogen-bond donors (Lipinski definition) is 1. The maximum atomic E-state index is 5.85. The lowest BCUT2D eigenvalue weighted by Crippen LogP contribution is -2.34. The summed E-state index contributed by atoms with van der Waals surface area (Å²) in [5.74, 6) is 2.04. The number of anilines is 2. The molecule has 0 aromatic carbocycles. The first-order valence-electron chi connectivity index (χ1n) is 6.61. The Hall–Kier alpha value is -1.45. The molecule has 18 heavy (non-hydrogen) atoms. The second-order valence-corrected chi connectivity index (χ2v) is 5.14. The lowest BCUT2D eigenvalue weighted by atomic mass is 10.2. The van der Waals surface area contributed by atoms with Crippen LogP contribution in [0.2, 0.25) is 0 Å². The highest BCUT2D eigenvalue weighted by molar-refractivity contribution is 5.54. The van der Waals surface area contributed by atoms with Gasteiger partial charge in [-0.05, 0) is 38.8 Å². The molecule has 0 fully saturated rings. The molecular formula is C14H25N3O. The zero-order chi connectivity index (χ0) is 13.7. The summed E-state index contributed by atoms with van der Waals surface area (Å²) in [6, 6.07) is 4.22. The van der Waals surface area contributed by atoms with Gasteiger partial charge in [0.1, 0.15) is 5.82 Å². The molecule has 1 aromatic heterocycles. The zero-order valence-corrected chi connectivity index (χ0v) is 12.1. The molecule has 1 rings (SSSR count). The molecule has 0 aliphatic carbocycles. The van der Waals surface area contributed by atoms with Crippen molar-refractivity contribution in [3.05, 3.63) is 12.1 Å². The lowest BCUT2D eigenvalue weighted by molar-refractivity contribution is 0.328. The smallest absolute Gasteiger partial charge is 0.239 e. The molecule has 0 unspecified atom stereocenters. The second-order valence-electron chi connectivity index (χ2n) is 5.14. The molecule has 102 valence electrons. The van der Waals surface area contributed by atoms with Crippen molar-refractivity contribution in [1.29, 1.82) is 0 Å². The molecule has 0 bridgehead atoms. The van der Waals surface area contributed by atoms with Crippen LogP contribution in [0.15, 0.2) is 12.1 Å². The van der Waals surface area contributed by atoms with Gasteiger partial charge in [-0.3, -0.25) is 0 Å². The van der Waals surface area contributed by atoms with Crippen LogP contribution in [0.5, 0.6) is 5.88 Å². The van der Waals surface area contributed by atoms with E-state index in [2.05, 4.69) is 37.6 Å². The van der Waals surface area contributed by atoms with Gasteiger partial charge >= 0.3 is 0 Å². The highest BCUT2D eigenvalue weighted by atomic mass is 16.5. The third-order valence-electron chi connectivity index (χ3n) is 2.64. The van der Waals surface area contributed by atoms with Crippen LogP contribution >= 0.6 is 0 Å². The summed E-state index contributed by atoms with van der Waals surface area (Å²) >= 11 is 0. The molecule has 0 aliphatic heterocycles. The highest BCUT2D eigenvalue weighted by Crippen LogP contribution is 2.24. The lowest BCUT2D eigenvalue weighted by Gasteiger charge is -2.30. The minimum absolute atomic E-state index is 0.401. The van der Waals surface area contributed by atoms with Crippen molar-refractivity contribution in [3.8, 4) is 5.88 Å². The molecule has 1 aromatic rings. The van der Waals surface area contributed by atoms with Gasteiger partial charge in [-0.25, -0.2) is 0 Å². The quantitative estimate of drug-likeness (QED) is 0.844. The second kappa shape index (κ2) is 6.47. The van der Waals surface area contributed by atoms with Crippen LogP contribution < -0.4 is 15.4 Å². The van der Waals surface area contributed by atoms with Crippen LogP contribution in [0.4, 0.5) is 11.5 Å². The predicted molar refractivity (Wildman–Crippen MR) is 77.1 cm³/mol. The van der Waals surface area contributed by atoms with E-state index < -0.39 is 0 Å². The highest BCUT2D eigenvalue weighted by Gasteiger charge is 2.15. The van der Waals surface area contributed by atoms with E-state index in [0.29, 0.717) is 30.1 Å². The average Bonchev–Trinajstić information content (AvgIpc) is 2.29. The van der Waals surface area contributed by atoms with E-state index in [4.69, 9.17) is 10.5 Å². The van der Waals surface area contributed by atoms with Gasteiger partial charge in [0.2, 0.25) is 5.88 Å². The number of ether oxygens (including phenoxy) is 1. The molecule has 0 atom stereocenters. The largest absolute Gasteiger partial charge is 0.476 e. The van der Waals surface area contributed by atoms with Gasteiger partial charge in [-0.15, -0.1) is 0 Å². The SMILES string of the molecule is CCOc1nc(N(CC(C)C)C(C)C)ccc1N. The van der Waals surface area contributed by atoms with E-state index in [1.807, 2.05) is 19.1 Å². The van der Waals surface area contributed by atoms with Crippen molar-refractivity contribution in [2.45, 2.75) is 40.7 Å². The van der Waals surface area contributed by atoms with Gasteiger partial charge in [-0.1, -0.05) is 13.8 Å². The first kappa shape index (κ1) is 14.6. The van der Waals surface area contributed by atoms with E-state index in [0.717, 1.165) is 12.4 Å². The zero-order valence-electron chi connectivity index (χ0n) is 12.1. The summed E-state index contributed by atoms with van der Waals surface area (Å²) in [6.07, 6.45) is 0. The van der Waals surface area contributed by atoms with Crippen molar-refractivity contribution in [2.75, 3.05) is 23.8 Å². The van der Waals surface area contributed by atoms with Crippen molar-refractivity contribution >= 4 is 11.5 Å². The molecule has 0 spiro atoms. The minimum Gasteiger partial charge on any atom is -0.476 e. The number of nitrogens with zero attached hydrogens (tertiary/aromatic N) is 2. The number of nitrogen functional groups attached to an aromatic ring is 1. The van der Waals surface area contributed by atoms with Gasteiger partial charge in [-0.2, -0.15) is 4.98 Å². The molecule has 0 aliphatic rings. The first-order valence-corrected chi connectivity index (χ1v) is 6.61. The van der Waals surface area contributed by atoms with E-state index in [1.165, 1.54) is 0 Å². The van der Waals surface area contributed by atoms with Gasteiger partial charge in [0, 0.05) is 12.6 Å². The number of nitrogens with two attached hydrogens (primary N) is 1. The Morgan fingerprint density at radius 3 is 2.44 bits per heavy atom. The first-order chi connectivity index (χ1) is 8.45. The fraction of sp³-hybridized carbons (Fsp3) is 0.643. The molecule has 1 heterocycles. The van der Waals surface area contributed by atoms with Crippen molar-refractivity contribution in [3.63, 3.8) is 0 Å². The van der Waals surface area contributed by atoms with E-state index in [-0.39, 0.29) is 0 Å². The summed E-state index contributed by atoms with van der Waals surface area (Å²) < 4.78 is 5.45. The molecule has 0 saturated carbocycles. The van der Waals surface area contributed by atoms with E-state index >= 15 is 0 Å². The Bertz CT molecular complexity index is 377. The maximum Gasteiger partial charge on any atom is 0.239 e. The fourth-order valence-corrected chi connectivity index (χ4v) is 1.82. The van der Waals surface area contributed by atoms with Crippen LogP contribution in [-0.2, 0) is 0 Å². The van der Waals surface area contributed by atoms with Gasteiger partial charge < -0.3 is 15.4 Å². The molecule has 4 nitrogen and oxygen atoms in total. The van der Waals surface area contributed by atoms with Crippen molar-refractivity contribution in [1.82, 2.24) is 4.98 Å². The third kappa shape index (κ3) is 3.79. The molecule has 0 radical (unpaired) electrons. The van der Waals surface area contributed by atoms with E-state index in [1.54, 1.807) is 0 Å². The average molecular weight is 251 g/mol. The summed E-state index contributed by atoms with van der Waals surface area (Å²) in [6.45, 7) is 12.2. The Morgan fingerprint density at radius 1 is 1.28 bits per heavy atom. The number of hydrogen-bond acceptors (Lipinski definition) is 4. The summed E-state index contributed by atoms with van der Waals surface area (Å²) in [4.78, 5) is 6.79. The standard InChI is InChI=1S/C14H25N3O/c1-6-18-14-12(15)7-8-13(16-14)17(11(4)5)9-10(2)3/h7-8,10-11H,6,9,15H2,1-5H3. The number of rotatable bonds is 6. The third-order valence-corrected chi connectivity index (χ3v) is 2.64. The topological polar surface area (TPSA) is 51.4 Å². The van der Waals surface area contributed by atoms with Crippen LogP contribution in [-0.4, -0.2) is 24.2 Å². The van der Waals surface area contributed by atoms with Crippen molar-refractivity contribution in [2.24, 2.45) is 5.92 Å². The molecule has 2 N–H and O–H groups in total. The normalized spacial score (nSPS) is 11.1. The maximum absolute atomic E-state index is 5.85. The molecule has 0 saturated heterocycles. The Labute approximate surface area is 110 Å². The summed E-state index contributed by atoms with van der Waals surface area (Å²) in [5, 5.41) is 0. The monoisotopic (exact) mass is 251 g/mol. The summed E-state index contributed by atoms with van der Waals surface area (Å²) in [7, 11) is 0.